The van der Waals surface area contributed by atoms with E-state index in [1.54, 1.807) is 23.5 Å². The van der Waals surface area contributed by atoms with E-state index >= 15 is 0 Å². The minimum Gasteiger partial charge on any atom is -0.494 e. The van der Waals surface area contributed by atoms with Crippen molar-refractivity contribution in [2.24, 2.45) is 0 Å². The van der Waals surface area contributed by atoms with Gasteiger partial charge in [0, 0.05) is 16.6 Å². The Kier molecular flexibility index (Phi) is 3.85. The number of nitrogens with one attached hydrogen (secondary N) is 1. The molecule has 1 aliphatic rings. The number of rotatable bonds is 3. The Hall–Kier alpha value is -1.26. The maximum atomic E-state index is 13.4. The number of hydrogen-bond donors (Lipinski definition) is 1. The van der Waals surface area contributed by atoms with E-state index in [0.29, 0.717) is 0 Å². The van der Waals surface area contributed by atoms with Gasteiger partial charge >= 0.3 is 0 Å². The van der Waals surface area contributed by atoms with Gasteiger partial charge in [-0.1, -0.05) is 11.6 Å². The maximum absolute atomic E-state index is 13.4. The summed E-state index contributed by atoms with van der Waals surface area (Å²) in [6.07, 6.45) is 3.29. The summed E-state index contributed by atoms with van der Waals surface area (Å²) < 4.78 is 19.3. The minimum absolute atomic E-state index is 0.234. The lowest BCUT2D eigenvalue weighted by Gasteiger charge is -2.24. The van der Waals surface area contributed by atoms with Gasteiger partial charge in [-0.25, -0.2) is 4.39 Å². The SMILES string of the molecule is COc1cc(NC2CCCc3sc(Cl)cc32)ccc1F. The fraction of sp³-hybridized carbons (Fsp3) is 0.333. The molecule has 0 saturated carbocycles. The van der Waals surface area contributed by atoms with Crippen molar-refractivity contribution in [3.8, 4) is 5.75 Å². The first-order valence-corrected chi connectivity index (χ1v) is 7.75. The zero-order chi connectivity index (χ0) is 14.1. The molecule has 1 heterocycles. The van der Waals surface area contributed by atoms with E-state index in [1.165, 1.54) is 23.6 Å². The van der Waals surface area contributed by atoms with E-state index in [-0.39, 0.29) is 17.6 Å². The van der Waals surface area contributed by atoms with E-state index in [1.807, 2.05) is 6.07 Å². The molecule has 0 fully saturated rings. The summed E-state index contributed by atoms with van der Waals surface area (Å²) in [6.45, 7) is 0. The average Bonchev–Trinajstić information content (AvgIpc) is 2.82. The molecule has 0 aliphatic heterocycles. The lowest BCUT2D eigenvalue weighted by molar-refractivity contribution is 0.386. The van der Waals surface area contributed by atoms with Crippen LogP contribution in [0.1, 0.15) is 29.3 Å². The fourth-order valence-corrected chi connectivity index (χ4v) is 4.01. The summed E-state index contributed by atoms with van der Waals surface area (Å²) >= 11 is 7.76. The highest BCUT2D eigenvalue weighted by molar-refractivity contribution is 7.16. The van der Waals surface area contributed by atoms with Crippen LogP contribution in [0.3, 0.4) is 0 Å². The molecule has 1 aromatic heterocycles. The molecule has 0 radical (unpaired) electrons. The summed E-state index contributed by atoms with van der Waals surface area (Å²) in [5.74, 6) is -0.0876. The molecule has 1 atom stereocenters. The third-order valence-electron chi connectivity index (χ3n) is 3.58. The molecule has 5 heteroatoms. The number of methoxy groups -OCH3 is 1. The standard InChI is InChI=1S/C15H15ClFNOS/c1-19-13-7-9(5-6-11(13)17)18-12-3-2-4-14-10(12)8-15(16)20-14/h5-8,12,18H,2-4H2,1H3. The third-order valence-corrected chi connectivity index (χ3v) is 4.92. The van der Waals surface area contributed by atoms with Crippen molar-refractivity contribution in [3.05, 3.63) is 44.9 Å². The minimum atomic E-state index is -0.346. The summed E-state index contributed by atoms with van der Waals surface area (Å²) in [6, 6.07) is 7.13. The second-order valence-electron chi connectivity index (χ2n) is 4.87. The largest absolute Gasteiger partial charge is 0.494 e. The fourth-order valence-electron chi connectivity index (χ4n) is 2.62. The Labute approximate surface area is 126 Å². The van der Waals surface area contributed by atoms with Gasteiger partial charge in [-0.05, 0) is 43.0 Å². The highest BCUT2D eigenvalue weighted by Gasteiger charge is 2.22. The van der Waals surface area contributed by atoms with E-state index in [9.17, 15) is 4.39 Å². The number of anilines is 1. The van der Waals surface area contributed by atoms with Gasteiger partial charge in [0.05, 0.1) is 17.5 Å². The molecule has 0 bridgehead atoms. The summed E-state index contributed by atoms with van der Waals surface area (Å²) in [4.78, 5) is 1.35. The number of benzene rings is 1. The molecule has 3 rings (SSSR count). The topological polar surface area (TPSA) is 21.3 Å². The maximum Gasteiger partial charge on any atom is 0.165 e. The van der Waals surface area contributed by atoms with Gasteiger partial charge in [0.25, 0.3) is 0 Å². The van der Waals surface area contributed by atoms with E-state index in [2.05, 4.69) is 5.32 Å². The van der Waals surface area contributed by atoms with Crippen molar-refractivity contribution < 1.29 is 9.13 Å². The Morgan fingerprint density at radius 1 is 1.40 bits per heavy atom. The predicted molar refractivity (Wildman–Crippen MR) is 81.6 cm³/mol. The molecular formula is C15H15ClFNOS. The summed E-state index contributed by atoms with van der Waals surface area (Å²) in [5, 5.41) is 3.45. The van der Waals surface area contributed by atoms with Crippen LogP contribution in [0.2, 0.25) is 4.34 Å². The van der Waals surface area contributed by atoms with Gasteiger partial charge < -0.3 is 10.1 Å². The zero-order valence-electron chi connectivity index (χ0n) is 11.1. The number of aryl methyl sites for hydroxylation is 1. The Morgan fingerprint density at radius 3 is 3.05 bits per heavy atom. The van der Waals surface area contributed by atoms with Gasteiger partial charge in [-0.2, -0.15) is 0 Å². The van der Waals surface area contributed by atoms with E-state index < -0.39 is 0 Å². The van der Waals surface area contributed by atoms with Crippen LogP contribution < -0.4 is 10.1 Å². The summed E-state index contributed by atoms with van der Waals surface area (Å²) in [7, 11) is 1.47. The lowest BCUT2D eigenvalue weighted by Crippen LogP contribution is -2.15. The first-order chi connectivity index (χ1) is 9.67. The van der Waals surface area contributed by atoms with Crippen LogP contribution in [-0.2, 0) is 6.42 Å². The Balaban J connectivity index is 1.85. The van der Waals surface area contributed by atoms with Crippen molar-refractivity contribution in [1.82, 2.24) is 0 Å². The molecule has 2 nitrogen and oxygen atoms in total. The van der Waals surface area contributed by atoms with Crippen LogP contribution in [0.5, 0.6) is 5.75 Å². The number of fused-ring (bicyclic) bond motifs is 1. The molecular weight excluding hydrogens is 297 g/mol. The number of halogens is 2. The number of ether oxygens (including phenoxy) is 1. The van der Waals surface area contributed by atoms with Gasteiger partial charge in [0.15, 0.2) is 11.6 Å². The van der Waals surface area contributed by atoms with Gasteiger partial charge in [0.2, 0.25) is 0 Å². The van der Waals surface area contributed by atoms with Crippen LogP contribution in [-0.4, -0.2) is 7.11 Å². The molecule has 1 unspecified atom stereocenters. The smallest absolute Gasteiger partial charge is 0.165 e. The van der Waals surface area contributed by atoms with Crippen LogP contribution in [0.4, 0.5) is 10.1 Å². The first kappa shape index (κ1) is 13.7. The van der Waals surface area contributed by atoms with Gasteiger partial charge in [-0.3, -0.25) is 0 Å². The molecule has 0 saturated heterocycles. The second-order valence-corrected chi connectivity index (χ2v) is 6.64. The number of thiophene rings is 1. The van der Waals surface area contributed by atoms with Crippen molar-refractivity contribution in [2.75, 3.05) is 12.4 Å². The molecule has 20 heavy (non-hydrogen) atoms. The van der Waals surface area contributed by atoms with Crippen molar-refractivity contribution in [2.45, 2.75) is 25.3 Å². The highest BCUT2D eigenvalue weighted by atomic mass is 35.5. The second kappa shape index (κ2) is 5.62. The Bertz CT molecular complexity index is 628. The average molecular weight is 312 g/mol. The monoisotopic (exact) mass is 311 g/mol. The van der Waals surface area contributed by atoms with Crippen LogP contribution >= 0.6 is 22.9 Å². The van der Waals surface area contributed by atoms with E-state index in [0.717, 1.165) is 29.3 Å². The van der Waals surface area contributed by atoms with Gasteiger partial charge in [0.1, 0.15) is 0 Å². The van der Waals surface area contributed by atoms with Crippen molar-refractivity contribution in [1.29, 1.82) is 0 Å². The van der Waals surface area contributed by atoms with Crippen LogP contribution in [0.15, 0.2) is 24.3 Å². The lowest BCUT2D eigenvalue weighted by atomic mass is 9.94. The molecule has 0 spiro atoms. The number of hydrogen-bond acceptors (Lipinski definition) is 3. The third kappa shape index (κ3) is 2.63. The normalized spacial score (nSPS) is 17.6. The van der Waals surface area contributed by atoms with Crippen LogP contribution in [0, 0.1) is 5.82 Å². The van der Waals surface area contributed by atoms with E-state index in [4.69, 9.17) is 16.3 Å². The highest BCUT2D eigenvalue weighted by Crippen LogP contribution is 2.39. The van der Waals surface area contributed by atoms with Crippen molar-refractivity contribution >= 4 is 28.6 Å². The molecule has 2 aromatic rings. The van der Waals surface area contributed by atoms with Crippen LogP contribution in [0.25, 0.3) is 0 Å². The van der Waals surface area contributed by atoms with Crippen molar-refractivity contribution in [3.63, 3.8) is 0 Å². The molecule has 1 aliphatic carbocycles. The van der Waals surface area contributed by atoms with Gasteiger partial charge in [-0.15, -0.1) is 11.3 Å². The molecule has 106 valence electrons. The zero-order valence-corrected chi connectivity index (χ0v) is 12.7. The predicted octanol–water partition coefficient (Wildman–Crippen LogP) is 5.04. The Morgan fingerprint density at radius 2 is 2.25 bits per heavy atom. The molecule has 0 amide bonds. The quantitative estimate of drug-likeness (QED) is 0.857. The first-order valence-electron chi connectivity index (χ1n) is 6.55. The molecule has 1 N–H and O–H groups in total. The summed E-state index contributed by atoms with van der Waals surface area (Å²) in [5.41, 5.74) is 2.14. The molecule has 1 aromatic carbocycles.